The van der Waals surface area contributed by atoms with Crippen LogP contribution in [0.15, 0.2) is 58.5 Å². The summed E-state index contributed by atoms with van der Waals surface area (Å²) in [5, 5.41) is 4.94. The molecule has 0 saturated carbocycles. The van der Waals surface area contributed by atoms with Crippen molar-refractivity contribution in [3.05, 3.63) is 65.4 Å². The van der Waals surface area contributed by atoms with Crippen LogP contribution in [0.3, 0.4) is 0 Å². The number of nitrogens with zero attached hydrogens (tertiary/aromatic N) is 1. The van der Waals surface area contributed by atoms with Gasteiger partial charge in [-0.1, -0.05) is 37.3 Å². The van der Waals surface area contributed by atoms with Gasteiger partial charge in [0.05, 0.1) is 11.1 Å². The highest BCUT2D eigenvalue weighted by atomic mass is 32.2. The SMILES string of the molecule is CCc1ccc(S(=O)(=O)N/N=C\c2c(C)[nH]c3ccccc23)cc1. The minimum atomic E-state index is -3.66. The summed E-state index contributed by atoms with van der Waals surface area (Å²) in [6.45, 7) is 3.95. The zero-order valence-corrected chi connectivity index (χ0v) is 14.4. The van der Waals surface area contributed by atoms with E-state index in [1.54, 1.807) is 12.1 Å². The Labute approximate surface area is 141 Å². The van der Waals surface area contributed by atoms with Crippen molar-refractivity contribution >= 4 is 27.1 Å². The first-order valence-electron chi connectivity index (χ1n) is 7.72. The molecule has 0 aliphatic carbocycles. The summed E-state index contributed by atoms with van der Waals surface area (Å²) in [7, 11) is -3.66. The molecule has 24 heavy (non-hydrogen) atoms. The van der Waals surface area contributed by atoms with Crippen molar-refractivity contribution in [2.75, 3.05) is 0 Å². The number of sulfonamides is 1. The fourth-order valence-electron chi connectivity index (χ4n) is 2.58. The van der Waals surface area contributed by atoms with Gasteiger partial charge >= 0.3 is 0 Å². The molecule has 0 unspecified atom stereocenters. The van der Waals surface area contributed by atoms with Crippen molar-refractivity contribution in [1.82, 2.24) is 9.82 Å². The van der Waals surface area contributed by atoms with Gasteiger partial charge in [-0.25, -0.2) is 4.83 Å². The van der Waals surface area contributed by atoms with E-state index in [4.69, 9.17) is 0 Å². The molecule has 0 spiro atoms. The normalized spacial score (nSPS) is 12.1. The molecule has 0 aliphatic heterocycles. The molecule has 3 aromatic rings. The number of benzene rings is 2. The number of aryl methyl sites for hydroxylation is 2. The average Bonchev–Trinajstić information content (AvgIpc) is 2.90. The third-order valence-electron chi connectivity index (χ3n) is 3.95. The monoisotopic (exact) mass is 341 g/mol. The Morgan fingerprint density at radius 1 is 1.12 bits per heavy atom. The second kappa shape index (κ2) is 6.49. The molecule has 2 N–H and O–H groups in total. The van der Waals surface area contributed by atoms with Crippen molar-refractivity contribution < 1.29 is 8.42 Å². The summed E-state index contributed by atoms with van der Waals surface area (Å²) in [5.74, 6) is 0. The minimum absolute atomic E-state index is 0.201. The molecule has 1 heterocycles. The first-order chi connectivity index (χ1) is 11.5. The van der Waals surface area contributed by atoms with Crippen LogP contribution in [0.4, 0.5) is 0 Å². The van der Waals surface area contributed by atoms with E-state index in [-0.39, 0.29) is 4.90 Å². The zero-order chi connectivity index (χ0) is 17.2. The van der Waals surface area contributed by atoms with E-state index in [1.165, 1.54) is 6.21 Å². The Morgan fingerprint density at radius 2 is 1.83 bits per heavy atom. The smallest absolute Gasteiger partial charge is 0.276 e. The largest absolute Gasteiger partial charge is 0.358 e. The van der Waals surface area contributed by atoms with E-state index < -0.39 is 10.0 Å². The lowest BCUT2D eigenvalue weighted by Gasteiger charge is -2.04. The van der Waals surface area contributed by atoms with Crippen LogP contribution in [0, 0.1) is 6.92 Å². The van der Waals surface area contributed by atoms with Crippen molar-refractivity contribution in [3.8, 4) is 0 Å². The number of rotatable bonds is 5. The number of H-pyrrole nitrogens is 1. The quantitative estimate of drug-likeness (QED) is 0.552. The summed E-state index contributed by atoms with van der Waals surface area (Å²) in [6.07, 6.45) is 2.40. The lowest BCUT2D eigenvalue weighted by molar-refractivity contribution is 0.584. The minimum Gasteiger partial charge on any atom is -0.358 e. The molecular weight excluding hydrogens is 322 g/mol. The number of hydrogen-bond acceptors (Lipinski definition) is 3. The fraction of sp³-hybridized carbons (Fsp3) is 0.167. The van der Waals surface area contributed by atoms with Gasteiger partial charge in [-0.05, 0) is 37.1 Å². The number of para-hydroxylation sites is 1. The van der Waals surface area contributed by atoms with E-state index in [2.05, 4.69) is 14.9 Å². The van der Waals surface area contributed by atoms with Crippen LogP contribution >= 0.6 is 0 Å². The number of hydrazone groups is 1. The van der Waals surface area contributed by atoms with Gasteiger partial charge < -0.3 is 4.98 Å². The molecular formula is C18H19N3O2S. The third-order valence-corrected chi connectivity index (χ3v) is 5.19. The first kappa shape index (κ1) is 16.3. The Morgan fingerprint density at radius 3 is 2.54 bits per heavy atom. The van der Waals surface area contributed by atoms with Gasteiger partial charge in [-0.15, -0.1) is 0 Å². The molecule has 5 nitrogen and oxygen atoms in total. The van der Waals surface area contributed by atoms with Crippen LogP contribution < -0.4 is 4.83 Å². The molecule has 0 radical (unpaired) electrons. The number of hydrogen-bond donors (Lipinski definition) is 2. The Balaban J connectivity index is 1.82. The highest BCUT2D eigenvalue weighted by molar-refractivity contribution is 7.89. The van der Waals surface area contributed by atoms with Crippen LogP contribution in [0.1, 0.15) is 23.7 Å². The van der Waals surface area contributed by atoms with Gasteiger partial charge in [0.2, 0.25) is 0 Å². The molecule has 0 amide bonds. The van der Waals surface area contributed by atoms with Crippen LogP contribution in [0.2, 0.25) is 0 Å². The molecule has 0 bridgehead atoms. The maximum Gasteiger partial charge on any atom is 0.276 e. The van der Waals surface area contributed by atoms with Crippen molar-refractivity contribution in [3.63, 3.8) is 0 Å². The molecule has 0 aliphatic rings. The molecule has 3 rings (SSSR count). The lowest BCUT2D eigenvalue weighted by atomic mass is 10.1. The number of nitrogens with one attached hydrogen (secondary N) is 2. The summed E-state index contributed by atoms with van der Waals surface area (Å²) >= 11 is 0. The third kappa shape index (κ3) is 3.19. The van der Waals surface area contributed by atoms with E-state index in [9.17, 15) is 8.42 Å². The highest BCUT2D eigenvalue weighted by Gasteiger charge is 2.12. The summed E-state index contributed by atoms with van der Waals surface area (Å²) in [4.78, 5) is 5.72. The van der Waals surface area contributed by atoms with E-state index >= 15 is 0 Å². The van der Waals surface area contributed by atoms with Gasteiger partial charge in [0.1, 0.15) is 0 Å². The second-order valence-electron chi connectivity index (χ2n) is 5.56. The van der Waals surface area contributed by atoms with Gasteiger partial charge in [-0.2, -0.15) is 13.5 Å². The van der Waals surface area contributed by atoms with Crippen molar-refractivity contribution in [2.24, 2.45) is 5.10 Å². The molecule has 124 valence electrons. The van der Waals surface area contributed by atoms with Crippen LogP contribution in [-0.2, 0) is 16.4 Å². The fourth-order valence-corrected chi connectivity index (χ4v) is 3.37. The van der Waals surface area contributed by atoms with Gasteiger partial charge in [0.25, 0.3) is 10.0 Å². The molecule has 0 saturated heterocycles. The maximum absolute atomic E-state index is 12.3. The zero-order valence-electron chi connectivity index (χ0n) is 13.6. The van der Waals surface area contributed by atoms with Crippen LogP contribution in [0.25, 0.3) is 10.9 Å². The number of fused-ring (bicyclic) bond motifs is 1. The average molecular weight is 341 g/mol. The molecule has 2 aromatic carbocycles. The summed E-state index contributed by atoms with van der Waals surface area (Å²) in [5.41, 5.74) is 3.89. The van der Waals surface area contributed by atoms with Gasteiger partial charge in [-0.3, -0.25) is 0 Å². The standard InChI is InChI=1S/C18H19N3O2S/c1-3-14-8-10-15(11-9-14)24(22,23)21-19-12-17-13(2)20-18-7-5-4-6-16(17)18/h4-12,20-21H,3H2,1-2H3/b19-12-. The maximum atomic E-state index is 12.3. The Bertz CT molecular complexity index is 987. The van der Waals surface area contributed by atoms with Gasteiger partial charge in [0, 0.05) is 22.2 Å². The predicted molar refractivity (Wildman–Crippen MR) is 96.8 cm³/mol. The van der Waals surface area contributed by atoms with Crippen molar-refractivity contribution in [1.29, 1.82) is 0 Å². The molecule has 6 heteroatoms. The van der Waals surface area contributed by atoms with E-state index in [0.29, 0.717) is 0 Å². The molecule has 0 fully saturated rings. The Kier molecular flexibility index (Phi) is 4.40. The number of aromatic nitrogens is 1. The van der Waals surface area contributed by atoms with Crippen molar-refractivity contribution in [2.45, 2.75) is 25.2 Å². The van der Waals surface area contributed by atoms with E-state index in [1.807, 2.05) is 50.2 Å². The molecule has 1 aromatic heterocycles. The number of aromatic amines is 1. The highest BCUT2D eigenvalue weighted by Crippen LogP contribution is 2.20. The summed E-state index contributed by atoms with van der Waals surface area (Å²) < 4.78 is 24.6. The first-order valence-corrected chi connectivity index (χ1v) is 9.20. The topological polar surface area (TPSA) is 74.3 Å². The Hall–Kier alpha value is -2.60. The second-order valence-corrected chi connectivity index (χ2v) is 7.22. The van der Waals surface area contributed by atoms with E-state index in [0.717, 1.165) is 34.1 Å². The van der Waals surface area contributed by atoms with Crippen LogP contribution in [0.5, 0.6) is 0 Å². The molecule has 0 atom stereocenters. The lowest BCUT2D eigenvalue weighted by Crippen LogP contribution is -2.18. The van der Waals surface area contributed by atoms with Crippen LogP contribution in [-0.4, -0.2) is 19.6 Å². The summed E-state index contributed by atoms with van der Waals surface area (Å²) in [6, 6.07) is 14.6. The predicted octanol–water partition coefficient (Wildman–Crippen LogP) is 3.35. The van der Waals surface area contributed by atoms with Gasteiger partial charge in [0.15, 0.2) is 0 Å².